The molecular formula is C18H22N4O2. The van der Waals surface area contributed by atoms with Crippen LogP contribution in [0.25, 0.3) is 0 Å². The molecule has 1 aliphatic heterocycles. The van der Waals surface area contributed by atoms with Crippen LogP contribution in [0.15, 0.2) is 18.3 Å². The molecule has 24 heavy (non-hydrogen) atoms. The van der Waals surface area contributed by atoms with E-state index >= 15 is 0 Å². The number of nitrogens with one attached hydrogen (secondary N) is 1. The molecule has 1 aromatic heterocycles. The molecule has 1 N–H and O–H groups in total. The predicted octanol–water partition coefficient (Wildman–Crippen LogP) is 1.70. The Labute approximate surface area is 141 Å². The minimum Gasteiger partial charge on any atom is -0.354 e. The standard InChI is InChI=1S/C18H22N4O2/c1-10-9-20-18(21-11(10)2)19-6-3-7-22-16(23)14-12-4-5-13(8-12)15(14)17(22)24/h4-5,9,12-15H,3,6-8H2,1-2H3,(H,19,20,21). The molecule has 2 bridgehead atoms. The van der Waals surface area contributed by atoms with Gasteiger partial charge in [-0.25, -0.2) is 9.97 Å². The Bertz CT molecular complexity index is 700. The highest BCUT2D eigenvalue weighted by Gasteiger charge is 2.58. The van der Waals surface area contributed by atoms with Crippen LogP contribution in [0.4, 0.5) is 5.95 Å². The average molecular weight is 326 g/mol. The maximum absolute atomic E-state index is 12.6. The summed E-state index contributed by atoms with van der Waals surface area (Å²) in [5.74, 6) is 1.03. The third kappa shape index (κ3) is 2.32. The van der Waals surface area contributed by atoms with E-state index in [1.165, 1.54) is 4.90 Å². The summed E-state index contributed by atoms with van der Waals surface area (Å²) in [5.41, 5.74) is 2.01. The SMILES string of the molecule is Cc1cnc(NCCCN2C(=O)C3C4C=CC(C4)C3C2=O)nc1C. The number of aryl methyl sites for hydroxylation is 2. The van der Waals surface area contributed by atoms with Crippen molar-refractivity contribution in [3.8, 4) is 0 Å². The molecule has 4 unspecified atom stereocenters. The molecule has 2 heterocycles. The third-order valence-corrected chi connectivity index (χ3v) is 5.63. The van der Waals surface area contributed by atoms with E-state index in [1.54, 1.807) is 6.20 Å². The van der Waals surface area contributed by atoms with E-state index in [0.29, 0.717) is 25.5 Å². The fourth-order valence-electron chi connectivity index (χ4n) is 4.23. The van der Waals surface area contributed by atoms with Crippen molar-refractivity contribution in [1.29, 1.82) is 0 Å². The monoisotopic (exact) mass is 326 g/mol. The van der Waals surface area contributed by atoms with Crippen LogP contribution in [0.1, 0.15) is 24.1 Å². The summed E-state index contributed by atoms with van der Waals surface area (Å²) in [6.45, 7) is 5.04. The van der Waals surface area contributed by atoms with Crippen molar-refractivity contribution >= 4 is 17.8 Å². The molecule has 0 radical (unpaired) electrons. The van der Waals surface area contributed by atoms with Crippen molar-refractivity contribution in [2.24, 2.45) is 23.7 Å². The van der Waals surface area contributed by atoms with Gasteiger partial charge in [0.05, 0.1) is 11.8 Å². The minimum atomic E-state index is -0.0939. The Morgan fingerprint density at radius 1 is 1.17 bits per heavy atom. The first-order valence-corrected chi connectivity index (χ1v) is 8.64. The molecule has 2 aliphatic carbocycles. The van der Waals surface area contributed by atoms with Crippen LogP contribution in [-0.2, 0) is 9.59 Å². The van der Waals surface area contributed by atoms with E-state index < -0.39 is 0 Å². The molecule has 0 spiro atoms. The van der Waals surface area contributed by atoms with Crippen LogP contribution in [0.5, 0.6) is 0 Å². The van der Waals surface area contributed by atoms with Crippen molar-refractivity contribution in [2.45, 2.75) is 26.7 Å². The van der Waals surface area contributed by atoms with E-state index in [0.717, 1.165) is 17.7 Å². The molecule has 2 amide bonds. The molecular weight excluding hydrogens is 304 g/mol. The number of nitrogens with zero attached hydrogens (tertiary/aromatic N) is 3. The number of carbonyl (C=O) groups is 2. The van der Waals surface area contributed by atoms with Crippen LogP contribution in [0, 0.1) is 37.5 Å². The number of imide groups is 1. The van der Waals surface area contributed by atoms with Crippen LogP contribution < -0.4 is 5.32 Å². The van der Waals surface area contributed by atoms with Gasteiger partial charge in [-0.05, 0) is 44.1 Å². The highest BCUT2D eigenvalue weighted by Crippen LogP contribution is 2.52. The van der Waals surface area contributed by atoms with Crippen LogP contribution in [0.2, 0.25) is 0 Å². The number of allylic oxidation sites excluding steroid dienone is 2. The van der Waals surface area contributed by atoms with Gasteiger partial charge in [0.1, 0.15) is 0 Å². The average Bonchev–Trinajstić information content (AvgIpc) is 3.23. The number of likely N-dealkylation sites (tertiary alicyclic amines) is 1. The number of anilines is 1. The van der Waals surface area contributed by atoms with Gasteiger partial charge in [0.2, 0.25) is 17.8 Å². The lowest BCUT2D eigenvalue weighted by Crippen LogP contribution is -2.34. The molecule has 1 aromatic rings. The molecule has 1 saturated heterocycles. The maximum atomic E-state index is 12.6. The largest absolute Gasteiger partial charge is 0.354 e. The molecule has 2 fully saturated rings. The Morgan fingerprint density at radius 2 is 1.83 bits per heavy atom. The van der Waals surface area contributed by atoms with Crippen molar-refractivity contribution in [3.63, 3.8) is 0 Å². The fraction of sp³-hybridized carbons (Fsp3) is 0.556. The number of aromatic nitrogens is 2. The van der Waals surface area contributed by atoms with Gasteiger partial charge >= 0.3 is 0 Å². The van der Waals surface area contributed by atoms with Gasteiger partial charge in [-0.1, -0.05) is 12.2 Å². The normalized spacial score (nSPS) is 30.3. The second-order valence-corrected chi connectivity index (χ2v) is 7.07. The summed E-state index contributed by atoms with van der Waals surface area (Å²) >= 11 is 0. The van der Waals surface area contributed by atoms with Gasteiger partial charge in [-0.15, -0.1) is 0 Å². The lowest BCUT2D eigenvalue weighted by Gasteiger charge is -2.17. The quantitative estimate of drug-likeness (QED) is 0.506. The molecule has 3 aliphatic rings. The molecule has 4 rings (SSSR count). The summed E-state index contributed by atoms with van der Waals surface area (Å²) in [6.07, 6.45) is 7.72. The summed E-state index contributed by atoms with van der Waals surface area (Å²) in [4.78, 5) is 35.2. The number of amides is 2. The summed E-state index contributed by atoms with van der Waals surface area (Å²) < 4.78 is 0. The smallest absolute Gasteiger partial charge is 0.233 e. The van der Waals surface area contributed by atoms with Gasteiger partial charge < -0.3 is 5.32 Å². The summed E-state index contributed by atoms with van der Waals surface area (Å²) in [6, 6.07) is 0. The molecule has 126 valence electrons. The van der Waals surface area contributed by atoms with Crippen LogP contribution in [-0.4, -0.2) is 39.8 Å². The van der Waals surface area contributed by atoms with Crippen LogP contribution >= 0.6 is 0 Å². The van der Waals surface area contributed by atoms with Gasteiger partial charge in [0.25, 0.3) is 0 Å². The highest BCUT2D eigenvalue weighted by molar-refractivity contribution is 6.06. The van der Waals surface area contributed by atoms with E-state index in [-0.39, 0.29) is 35.5 Å². The number of carbonyl (C=O) groups excluding carboxylic acids is 2. The summed E-state index contributed by atoms with van der Waals surface area (Å²) in [7, 11) is 0. The fourth-order valence-corrected chi connectivity index (χ4v) is 4.23. The predicted molar refractivity (Wildman–Crippen MR) is 89.0 cm³/mol. The van der Waals surface area contributed by atoms with Gasteiger partial charge in [0, 0.05) is 25.0 Å². The molecule has 1 saturated carbocycles. The highest BCUT2D eigenvalue weighted by atomic mass is 16.2. The van der Waals surface area contributed by atoms with Crippen molar-refractivity contribution < 1.29 is 9.59 Å². The van der Waals surface area contributed by atoms with Gasteiger partial charge in [-0.2, -0.15) is 0 Å². The Kier molecular flexibility index (Phi) is 3.62. The number of fused-ring (bicyclic) bond motifs is 5. The molecule has 6 nitrogen and oxygen atoms in total. The first-order valence-electron chi connectivity index (χ1n) is 8.64. The minimum absolute atomic E-state index is 0.0317. The van der Waals surface area contributed by atoms with E-state index in [9.17, 15) is 9.59 Å². The van der Waals surface area contributed by atoms with E-state index in [2.05, 4.69) is 27.4 Å². The van der Waals surface area contributed by atoms with Crippen molar-refractivity contribution in [1.82, 2.24) is 14.9 Å². The van der Waals surface area contributed by atoms with E-state index in [4.69, 9.17) is 0 Å². The lowest BCUT2D eigenvalue weighted by molar-refractivity contribution is -0.140. The van der Waals surface area contributed by atoms with Gasteiger partial charge in [0.15, 0.2) is 0 Å². The lowest BCUT2D eigenvalue weighted by atomic mass is 9.85. The number of hydrogen-bond acceptors (Lipinski definition) is 5. The second kappa shape index (κ2) is 5.69. The first-order chi connectivity index (χ1) is 11.6. The third-order valence-electron chi connectivity index (χ3n) is 5.63. The Balaban J connectivity index is 1.31. The van der Waals surface area contributed by atoms with Crippen LogP contribution in [0.3, 0.4) is 0 Å². The van der Waals surface area contributed by atoms with Crippen molar-refractivity contribution in [2.75, 3.05) is 18.4 Å². The van der Waals surface area contributed by atoms with Gasteiger partial charge in [-0.3, -0.25) is 14.5 Å². The first kappa shape index (κ1) is 15.3. The zero-order valence-corrected chi connectivity index (χ0v) is 14.0. The number of rotatable bonds is 5. The van der Waals surface area contributed by atoms with E-state index in [1.807, 2.05) is 13.8 Å². The Hall–Kier alpha value is -2.24. The zero-order valence-electron chi connectivity index (χ0n) is 14.0. The van der Waals surface area contributed by atoms with Crippen molar-refractivity contribution in [3.05, 3.63) is 29.6 Å². The maximum Gasteiger partial charge on any atom is 0.233 e. The molecule has 4 atom stereocenters. The second-order valence-electron chi connectivity index (χ2n) is 7.07. The molecule has 0 aromatic carbocycles. The molecule has 6 heteroatoms. The Morgan fingerprint density at radius 3 is 2.46 bits per heavy atom. The topological polar surface area (TPSA) is 75.2 Å². The summed E-state index contributed by atoms with van der Waals surface area (Å²) in [5, 5.41) is 3.16. The number of hydrogen-bond donors (Lipinski definition) is 1. The zero-order chi connectivity index (χ0) is 16.8.